The summed E-state index contributed by atoms with van der Waals surface area (Å²) in [7, 11) is 0. The lowest BCUT2D eigenvalue weighted by Crippen LogP contribution is -2.06. The van der Waals surface area contributed by atoms with E-state index in [1.807, 2.05) is 43.3 Å². The number of aliphatic hydroxyl groups excluding tert-OH is 1. The molecule has 1 N–H and O–H groups in total. The van der Waals surface area contributed by atoms with Crippen LogP contribution in [0.1, 0.15) is 32.3 Å². The van der Waals surface area contributed by atoms with E-state index in [4.69, 9.17) is 0 Å². The van der Waals surface area contributed by atoms with Crippen molar-refractivity contribution in [1.29, 1.82) is 0 Å². The van der Waals surface area contributed by atoms with Crippen molar-refractivity contribution in [3.63, 3.8) is 0 Å². The highest BCUT2D eigenvalue weighted by Gasteiger charge is 2.03. The molecule has 1 rings (SSSR count). The van der Waals surface area contributed by atoms with Gasteiger partial charge >= 0.3 is 0 Å². The Morgan fingerprint density at radius 3 is 2.57 bits per heavy atom. The second-order valence-electron chi connectivity index (χ2n) is 3.60. The Bertz CT molecular complexity index is 287. The molecule has 0 heterocycles. The van der Waals surface area contributed by atoms with Crippen LogP contribution < -0.4 is 0 Å². The summed E-state index contributed by atoms with van der Waals surface area (Å²) in [6.07, 6.45) is 3.61. The molecule has 0 saturated carbocycles. The van der Waals surface area contributed by atoms with E-state index in [9.17, 15) is 5.11 Å². The van der Waals surface area contributed by atoms with Gasteiger partial charge in [0.2, 0.25) is 0 Å². The monoisotopic (exact) mass is 190 g/mol. The number of benzene rings is 1. The molecule has 0 amide bonds. The summed E-state index contributed by atoms with van der Waals surface area (Å²) in [6, 6.07) is 10.1. The molecule has 0 saturated heterocycles. The van der Waals surface area contributed by atoms with Gasteiger partial charge in [-0.25, -0.2) is 0 Å². The lowest BCUT2D eigenvalue weighted by atomic mass is 10.0. The predicted molar refractivity (Wildman–Crippen MR) is 61.0 cm³/mol. The fourth-order valence-electron chi connectivity index (χ4n) is 1.41. The van der Waals surface area contributed by atoms with Gasteiger partial charge < -0.3 is 5.11 Å². The van der Waals surface area contributed by atoms with E-state index in [2.05, 4.69) is 6.92 Å². The van der Waals surface area contributed by atoms with Gasteiger partial charge in [-0.05, 0) is 24.5 Å². The Hall–Kier alpha value is -1.08. The third-order valence-electron chi connectivity index (χ3n) is 2.28. The van der Waals surface area contributed by atoms with Crippen LogP contribution in [0.2, 0.25) is 0 Å². The normalized spacial score (nSPS) is 14.1. The standard InChI is InChI=1S/C13H18O/c1-3-7-13(14)11(2)10-12-8-5-4-6-9-12/h4-6,8-10,13-14H,3,7H2,1-2H3/b11-10+. The Morgan fingerprint density at radius 1 is 1.36 bits per heavy atom. The van der Waals surface area contributed by atoms with E-state index < -0.39 is 0 Å². The maximum absolute atomic E-state index is 9.71. The van der Waals surface area contributed by atoms with Crippen molar-refractivity contribution in [1.82, 2.24) is 0 Å². The summed E-state index contributed by atoms with van der Waals surface area (Å²) < 4.78 is 0. The number of rotatable bonds is 4. The van der Waals surface area contributed by atoms with E-state index in [0.717, 1.165) is 24.0 Å². The molecule has 0 aromatic heterocycles. The average molecular weight is 190 g/mol. The zero-order chi connectivity index (χ0) is 10.4. The molecule has 0 radical (unpaired) electrons. The van der Waals surface area contributed by atoms with Crippen LogP contribution in [0.15, 0.2) is 35.9 Å². The van der Waals surface area contributed by atoms with Crippen LogP contribution in [0.25, 0.3) is 6.08 Å². The molecule has 1 heteroatoms. The highest BCUT2D eigenvalue weighted by Crippen LogP contribution is 2.12. The quantitative estimate of drug-likeness (QED) is 0.772. The van der Waals surface area contributed by atoms with E-state index in [1.54, 1.807) is 0 Å². The summed E-state index contributed by atoms with van der Waals surface area (Å²) in [4.78, 5) is 0. The van der Waals surface area contributed by atoms with E-state index >= 15 is 0 Å². The first-order valence-electron chi connectivity index (χ1n) is 5.15. The molecule has 0 aliphatic carbocycles. The third-order valence-corrected chi connectivity index (χ3v) is 2.28. The maximum Gasteiger partial charge on any atom is 0.0750 e. The molecule has 1 nitrogen and oxygen atoms in total. The highest BCUT2D eigenvalue weighted by atomic mass is 16.3. The van der Waals surface area contributed by atoms with Gasteiger partial charge in [-0.15, -0.1) is 0 Å². The Morgan fingerprint density at radius 2 is 2.00 bits per heavy atom. The molecule has 0 fully saturated rings. The number of aliphatic hydroxyl groups is 1. The molecule has 1 aromatic rings. The lowest BCUT2D eigenvalue weighted by molar-refractivity contribution is 0.200. The van der Waals surface area contributed by atoms with Crippen molar-refractivity contribution < 1.29 is 5.11 Å². The molecular weight excluding hydrogens is 172 g/mol. The van der Waals surface area contributed by atoms with E-state index in [1.165, 1.54) is 0 Å². The highest BCUT2D eigenvalue weighted by molar-refractivity contribution is 5.52. The third kappa shape index (κ3) is 3.35. The summed E-state index contributed by atoms with van der Waals surface area (Å²) in [5.74, 6) is 0. The summed E-state index contributed by atoms with van der Waals surface area (Å²) in [5.41, 5.74) is 2.19. The van der Waals surface area contributed by atoms with Gasteiger partial charge in [-0.3, -0.25) is 0 Å². The predicted octanol–water partition coefficient (Wildman–Crippen LogP) is 3.25. The van der Waals surface area contributed by atoms with Crippen LogP contribution in [0.5, 0.6) is 0 Å². The molecule has 0 aliphatic rings. The zero-order valence-electron chi connectivity index (χ0n) is 8.90. The molecule has 0 bridgehead atoms. The SMILES string of the molecule is CCCC(O)/C(C)=C/c1ccccc1. The van der Waals surface area contributed by atoms with Crippen LogP contribution >= 0.6 is 0 Å². The van der Waals surface area contributed by atoms with Crippen LogP contribution in [-0.4, -0.2) is 11.2 Å². The zero-order valence-corrected chi connectivity index (χ0v) is 8.90. The van der Waals surface area contributed by atoms with Crippen molar-refractivity contribution in [3.05, 3.63) is 41.5 Å². The fraction of sp³-hybridized carbons (Fsp3) is 0.385. The first kappa shape index (κ1) is 11.0. The van der Waals surface area contributed by atoms with Gasteiger partial charge in [0, 0.05) is 0 Å². The van der Waals surface area contributed by atoms with Crippen molar-refractivity contribution in [2.45, 2.75) is 32.8 Å². The molecule has 76 valence electrons. The Balaban J connectivity index is 2.68. The van der Waals surface area contributed by atoms with Gasteiger partial charge in [-0.2, -0.15) is 0 Å². The van der Waals surface area contributed by atoms with Crippen molar-refractivity contribution in [2.24, 2.45) is 0 Å². The molecule has 0 aliphatic heterocycles. The molecule has 14 heavy (non-hydrogen) atoms. The molecule has 1 aromatic carbocycles. The molecular formula is C13H18O. The van der Waals surface area contributed by atoms with E-state index in [-0.39, 0.29) is 6.10 Å². The first-order chi connectivity index (χ1) is 6.74. The summed E-state index contributed by atoms with van der Waals surface area (Å²) >= 11 is 0. The minimum absolute atomic E-state index is 0.291. The minimum Gasteiger partial charge on any atom is -0.389 e. The van der Waals surface area contributed by atoms with E-state index in [0.29, 0.717) is 0 Å². The smallest absolute Gasteiger partial charge is 0.0750 e. The molecule has 1 atom stereocenters. The minimum atomic E-state index is -0.291. The number of hydrogen-bond donors (Lipinski definition) is 1. The topological polar surface area (TPSA) is 20.2 Å². The van der Waals surface area contributed by atoms with Crippen molar-refractivity contribution >= 4 is 6.08 Å². The van der Waals surface area contributed by atoms with Gasteiger partial charge in [0.05, 0.1) is 6.10 Å². The summed E-state index contributed by atoms with van der Waals surface area (Å²) in [6.45, 7) is 4.06. The maximum atomic E-state index is 9.71. The van der Waals surface area contributed by atoms with Crippen LogP contribution in [-0.2, 0) is 0 Å². The Kier molecular flexibility index (Phi) is 4.41. The molecule has 1 unspecified atom stereocenters. The average Bonchev–Trinajstić information content (AvgIpc) is 2.19. The second-order valence-corrected chi connectivity index (χ2v) is 3.60. The fourth-order valence-corrected chi connectivity index (χ4v) is 1.41. The van der Waals surface area contributed by atoms with Crippen LogP contribution in [0, 0.1) is 0 Å². The van der Waals surface area contributed by atoms with Gasteiger partial charge in [0.1, 0.15) is 0 Å². The number of hydrogen-bond acceptors (Lipinski definition) is 1. The Labute approximate surface area is 86.1 Å². The van der Waals surface area contributed by atoms with Crippen molar-refractivity contribution in [2.75, 3.05) is 0 Å². The van der Waals surface area contributed by atoms with Gasteiger partial charge in [0.15, 0.2) is 0 Å². The van der Waals surface area contributed by atoms with Crippen LogP contribution in [0.4, 0.5) is 0 Å². The molecule has 0 spiro atoms. The summed E-state index contributed by atoms with van der Waals surface area (Å²) in [5, 5.41) is 9.71. The first-order valence-corrected chi connectivity index (χ1v) is 5.15. The van der Waals surface area contributed by atoms with Gasteiger partial charge in [-0.1, -0.05) is 49.8 Å². The largest absolute Gasteiger partial charge is 0.389 e. The van der Waals surface area contributed by atoms with Crippen LogP contribution in [0.3, 0.4) is 0 Å². The lowest BCUT2D eigenvalue weighted by Gasteiger charge is -2.09. The van der Waals surface area contributed by atoms with Crippen molar-refractivity contribution in [3.8, 4) is 0 Å². The van der Waals surface area contributed by atoms with Gasteiger partial charge in [0.25, 0.3) is 0 Å². The second kappa shape index (κ2) is 5.61.